The molecule has 0 saturated carbocycles. The SMILES string of the molecule is CC(C)(C)OC(=O)NCC[N+]1(C)CCCCC1. The molecule has 0 aliphatic carbocycles. The summed E-state index contributed by atoms with van der Waals surface area (Å²) < 4.78 is 6.28. The van der Waals surface area contributed by atoms with Crippen molar-refractivity contribution >= 4 is 6.09 Å². The van der Waals surface area contributed by atoms with Crippen LogP contribution in [0.5, 0.6) is 0 Å². The molecule has 0 aromatic heterocycles. The minimum absolute atomic E-state index is 0.305. The summed E-state index contributed by atoms with van der Waals surface area (Å²) in [6.07, 6.45) is 3.67. The Kier molecular flexibility index (Phi) is 4.80. The van der Waals surface area contributed by atoms with Crippen LogP contribution in [0.2, 0.25) is 0 Å². The number of hydrogen-bond acceptors (Lipinski definition) is 2. The minimum Gasteiger partial charge on any atom is -0.444 e. The lowest BCUT2D eigenvalue weighted by Crippen LogP contribution is -2.51. The molecule has 0 bridgehead atoms. The highest BCUT2D eigenvalue weighted by atomic mass is 16.6. The summed E-state index contributed by atoms with van der Waals surface area (Å²) in [4.78, 5) is 11.5. The fraction of sp³-hybridized carbons (Fsp3) is 0.923. The van der Waals surface area contributed by atoms with Crippen molar-refractivity contribution in [3.63, 3.8) is 0 Å². The van der Waals surface area contributed by atoms with Crippen LogP contribution >= 0.6 is 0 Å². The summed E-state index contributed by atoms with van der Waals surface area (Å²) in [6, 6.07) is 0. The molecule has 4 nitrogen and oxygen atoms in total. The van der Waals surface area contributed by atoms with Gasteiger partial charge in [0.25, 0.3) is 0 Å². The van der Waals surface area contributed by atoms with Crippen molar-refractivity contribution in [2.24, 2.45) is 0 Å². The Morgan fingerprint density at radius 1 is 1.24 bits per heavy atom. The number of carbonyl (C=O) groups is 1. The molecule has 1 saturated heterocycles. The van der Waals surface area contributed by atoms with Crippen LogP contribution in [0.1, 0.15) is 40.0 Å². The number of likely N-dealkylation sites (N-methyl/N-ethyl adjacent to an activating group) is 1. The molecule has 4 heteroatoms. The second-order valence-corrected chi connectivity index (χ2v) is 6.28. The Morgan fingerprint density at radius 3 is 2.35 bits per heavy atom. The smallest absolute Gasteiger partial charge is 0.407 e. The van der Waals surface area contributed by atoms with E-state index in [0.717, 1.165) is 11.0 Å². The van der Waals surface area contributed by atoms with Crippen molar-refractivity contribution < 1.29 is 14.0 Å². The predicted molar refractivity (Wildman–Crippen MR) is 68.9 cm³/mol. The Hall–Kier alpha value is -0.770. The number of hydrogen-bond donors (Lipinski definition) is 1. The fourth-order valence-electron chi connectivity index (χ4n) is 2.24. The molecular formula is C13H27N2O2+. The monoisotopic (exact) mass is 243 g/mol. The molecule has 17 heavy (non-hydrogen) atoms. The first-order chi connectivity index (χ1) is 7.81. The van der Waals surface area contributed by atoms with Gasteiger partial charge in [-0.05, 0) is 40.0 Å². The van der Waals surface area contributed by atoms with E-state index in [-0.39, 0.29) is 6.09 Å². The maximum Gasteiger partial charge on any atom is 0.407 e. The molecule has 1 amide bonds. The third-order valence-corrected chi connectivity index (χ3v) is 3.22. The Bertz CT molecular complexity index is 253. The minimum atomic E-state index is -0.409. The van der Waals surface area contributed by atoms with Gasteiger partial charge in [0.15, 0.2) is 0 Å². The Labute approximate surface area is 105 Å². The maximum atomic E-state index is 11.5. The molecule has 1 rings (SSSR count). The van der Waals surface area contributed by atoms with Crippen LogP contribution < -0.4 is 5.32 Å². The van der Waals surface area contributed by atoms with Crippen molar-refractivity contribution in [2.75, 3.05) is 33.2 Å². The van der Waals surface area contributed by atoms with E-state index >= 15 is 0 Å². The average molecular weight is 243 g/mol. The van der Waals surface area contributed by atoms with E-state index in [4.69, 9.17) is 4.74 Å². The number of ether oxygens (including phenoxy) is 1. The molecule has 0 aromatic carbocycles. The van der Waals surface area contributed by atoms with Gasteiger partial charge in [-0.15, -0.1) is 0 Å². The number of rotatable bonds is 3. The Morgan fingerprint density at radius 2 is 1.82 bits per heavy atom. The number of piperidine rings is 1. The number of quaternary nitrogens is 1. The van der Waals surface area contributed by atoms with Crippen molar-refractivity contribution in [3.8, 4) is 0 Å². The summed E-state index contributed by atoms with van der Waals surface area (Å²) in [6.45, 7) is 9.80. The molecule has 0 radical (unpaired) electrons. The summed E-state index contributed by atoms with van der Waals surface area (Å²) in [7, 11) is 2.27. The zero-order valence-corrected chi connectivity index (χ0v) is 11.7. The van der Waals surface area contributed by atoms with Gasteiger partial charge in [-0.2, -0.15) is 0 Å². The van der Waals surface area contributed by atoms with Crippen molar-refractivity contribution in [1.82, 2.24) is 5.32 Å². The van der Waals surface area contributed by atoms with Gasteiger partial charge in [0, 0.05) is 0 Å². The van der Waals surface area contributed by atoms with Gasteiger partial charge in [-0.25, -0.2) is 4.79 Å². The summed E-state index contributed by atoms with van der Waals surface area (Å²) in [5, 5.41) is 2.83. The highest BCUT2D eigenvalue weighted by molar-refractivity contribution is 5.67. The van der Waals surface area contributed by atoms with Crippen molar-refractivity contribution in [3.05, 3.63) is 0 Å². The molecule has 0 atom stereocenters. The number of nitrogens with zero attached hydrogens (tertiary/aromatic N) is 1. The van der Waals surface area contributed by atoms with E-state index < -0.39 is 5.60 Å². The number of likely N-dealkylation sites (tertiary alicyclic amines) is 1. The predicted octanol–water partition coefficient (Wildman–Crippen LogP) is 2.14. The largest absolute Gasteiger partial charge is 0.444 e. The van der Waals surface area contributed by atoms with Gasteiger partial charge < -0.3 is 14.5 Å². The topological polar surface area (TPSA) is 38.3 Å². The van der Waals surface area contributed by atoms with Crippen molar-refractivity contribution in [2.45, 2.75) is 45.6 Å². The van der Waals surface area contributed by atoms with Gasteiger partial charge in [-0.3, -0.25) is 0 Å². The van der Waals surface area contributed by atoms with E-state index in [1.54, 1.807) is 0 Å². The van der Waals surface area contributed by atoms with Crippen LogP contribution in [0.15, 0.2) is 0 Å². The van der Waals surface area contributed by atoms with Crippen LogP contribution in [0, 0.1) is 0 Å². The quantitative estimate of drug-likeness (QED) is 0.771. The van der Waals surface area contributed by atoms with Gasteiger partial charge >= 0.3 is 6.09 Å². The van der Waals surface area contributed by atoms with Gasteiger partial charge in [-0.1, -0.05) is 0 Å². The molecule has 0 aromatic rings. The number of nitrogens with one attached hydrogen (secondary N) is 1. The van der Waals surface area contributed by atoms with E-state index in [9.17, 15) is 4.79 Å². The lowest BCUT2D eigenvalue weighted by Gasteiger charge is -2.37. The molecule has 1 heterocycles. The zero-order valence-electron chi connectivity index (χ0n) is 11.7. The third kappa shape index (κ3) is 5.91. The maximum absolute atomic E-state index is 11.5. The van der Waals surface area contributed by atoms with Crippen LogP contribution in [0.3, 0.4) is 0 Å². The normalized spacial score (nSPS) is 19.8. The summed E-state index contributed by atoms with van der Waals surface area (Å²) >= 11 is 0. The first-order valence-electron chi connectivity index (χ1n) is 6.61. The highest BCUT2D eigenvalue weighted by Crippen LogP contribution is 2.15. The van der Waals surface area contributed by atoms with Crippen LogP contribution in [-0.4, -0.2) is 49.4 Å². The standard InChI is InChI=1S/C13H26N2O2/c1-13(2,3)17-12(16)14-8-11-15(4)9-6-5-7-10-15/h5-11H2,1-4H3/p+1. The first kappa shape index (κ1) is 14.3. The summed E-state index contributed by atoms with van der Waals surface area (Å²) in [5.41, 5.74) is -0.409. The molecule has 100 valence electrons. The third-order valence-electron chi connectivity index (χ3n) is 3.22. The molecule has 1 aliphatic heterocycles. The molecule has 0 unspecified atom stereocenters. The number of alkyl carbamates (subject to hydrolysis) is 1. The second-order valence-electron chi connectivity index (χ2n) is 6.28. The Balaban J connectivity index is 2.20. The molecule has 1 N–H and O–H groups in total. The van der Waals surface area contributed by atoms with E-state index in [2.05, 4.69) is 12.4 Å². The number of amides is 1. The zero-order chi connectivity index (χ0) is 12.9. The summed E-state index contributed by atoms with van der Waals surface area (Å²) in [5.74, 6) is 0. The molecule has 1 fully saturated rings. The molecule has 1 aliphatic rings. The van der Waals surface area contributed by atoms with E-state index in [0.29, 0.717) is 6.54 Å². The van der Waals surface area contributed by atoms with Gasteiger partial charge in [0.05, 0.1) is 33.2 Å². The van der Waals surface area contributed by atoms with E-state index in [1.807, 2.05) is 20.8 Å². The molecule has 0 spiro atoms. The average Bonchev–Trinajstić information content (AvgIpc) is 2.15. The van der Waals surface area contributed by atoms with Gasteiger partial charge in [0.1, 0.15) is 5.60 Å². The van der Waals surface area contributed by atoms with E-state index in [1.165, 1.54) is 32.4 Å². The number of carbonyl (C=O) groups excluding carboxylic acids is 1. The van der Waals surface area contributed by atoms with Crippen LogP contribution in [0.4, 0.5) is 4.79 Å². The lowest BCUT2D eigenvalue weighted by atomic mass is 10.1. The molecular weight excluding hydrogens is 216 g/mol. The lowest BCUT2D eigenvalue weighted by molar-refractivity contribution is -0.912. The highest BCUT2D eigenvalue weighted by Gasteiger charge is 2.24. The van der Waals surface area contributed by atoms with Gasteiger partial charge in [0.2, 0.25) is 0 Å². The van der Waals surface area contributed by atoms with Crippen molar-refractivity contribution in [1.29, 1.82) is 0 Å². The van der Waals surface area contributed by atoms with Crippen LogP contribution in [-0.2, 0) is 4.74 Å². The first-order valence-corrected chi connectivity index (χ1v) is 6.61. The van der Waals surface area contributed by atoms with Crippen LogP contribution in [0.25, 0.3) is 0 Å². The second kappa shape index (κ2) is 5.71. The fourth-order valence-corrected chi connectivity index (χ4v) is 2.24.